The summed E-state index contributed by atoms with van der Waals surface area (Å²) in [5, 5.41) is 0. The summed E-state index contributed by atoms with van der Waals surface area (Å²) in [5.74, 6) is 0.231. The van der Waals surface area contributed by atoms with E-state index in [1.807, 2.05) is 21.9 Å². The standard InChI is InChI=1S/C17H24FN3O/c1-19-8-4-5-14(13-19)17(22)21-11-9-20(10-12-21)16-7-3-2-6-15(16)18/h2-3,6-7,14H,4-5,8-13H2,1H3/t14-/m0/s1. The van der Waals surface area contributed by atoms with E-state index < -0.39 is 0 Å². The molecular weight excluding hydrogens is 281 g/mol. The molecule has 2 aliphatic rings. The molecule has 0 aliphatic carbocycles. The summed E-state index contributed by atoms with van der Waals surface area (Å²) in [6, 6.07) is 6.86. The average molecular weight is 305 g/mol. The molecule has 1 aromatic carbocycles. The van der Waals surface area contributed by atoms with Gasteiger partial charge in [0.1, 0.15) is 5.82 Å². The van der Waals surface area contributed by atoms with E-state index in [-0.39, 0.29) is 17.6 Å². The van der Waals surface area contributed by atoms with E-state index in [2.05, 4.69) is 11.9 Å². The highest BCUT2D eigenvalue weighted by Gasteiger charge is 2.30. The third-order valence-corrected chi connectivity index (χ3v) is 4.76. The van der Waals surface area contributed by atoms with E-state index in [1.54, 1.807) is 6.07 Å². The summed E-state index contributed by atoms with van der Waals surface area (Å²) in [7, 11) is 2.08. The van der Waals surface area contributed by atoms with Crippen LogP contribution >= 0.6 is 0 Å². The van der Waals surface area contributed by atoms with Gasteiger partial charge in [-0.15, -0.1) is 0 Å². The van der Waals surface area contributed by atoms with Crippen LogP contribution in [0.2, 0.25) is 0 Å². The van der Waals surface area contributed by atoms with Crippen LogP contribution in [-0.2, 0) is 4.79 Å². The molecule has 0 aromatic heterocycles. The van der Waals surface area contributed by atoms with Crippen molar-refractivity contribution < 1.29 is 9.18 Å². The lowest BCUT2D eigenvalue weighted by molar-refractivity contribution is -0.137. The number of hydrogen-bond acceptors (Lipinski definition) is 3. The molecule has 5 heteroatoms. The number of nitrogens with zero attached hydrogens (tertiary/aromatic N) is 3. The zero-order valence-electron chi connectivity index (χ0n) is 13.2. The zero-order valence-corrected chi connectivity index (χ0v) is 13.2. The van der Waals surface area contributed by atoms with Crippen LogP contribution in [0.15, 0.2) is 24.3 Å². The van der Waals surface area contributed by atoms with Gasteiger partial charge in [-0.05, 0) is 38.6 Å². The summed E-state index contributed by atoms with van der Waals surface area (Å²) in [4.78, 5) is 18.8. The molecule has 1 amide bonds. The number of likely N-dealkylation sites (tertiary alicyclic amines) is 1. The highest BCUT2D eigenvalue weighted by atomic mass is 19.1. The molecule has 1 aromatic rings. The second-order valence-corrected chi connectivity index (χ2v) is 6.37. The van der Waals surface area contributed by atoms with Gasteiger partial charge in [0, 0.05) is 32.7 Å². The molecule has 120 valence electrons. The van der Waals surface area contributed by atoms with Gasteiger partial charge in [-0.2, -0.15) is 0 Å². The minimum atomic E-state index is -0.184. The van der Waals surface area contributed by atoms with Crippen LogP contribution < -0.4 is 4.90 Å². The monoisotopic (exact) mass is 305 g/mol. The van der Waals surface area contributed by atoms with Gasteiger partial charge in [0.05, 0.1) is 11.6 Å². The Kier molecular flexibility index (Phi) is 4.62. The van der Waals surface area contributed by atoms with Crippen LogP contribution in [0.25, 0.3) is 0 Å². The fraction of sp³-hybridized carbons (Fsp3) is 0.588. The summed E-state index contributed by atoms with van der Waals surface area (Å²) >= 11 is 0. The summed E-state index contributed by atoms with van der Waals surface area (Å²) in [6.07, 6.45) is 2.10. The first-order valence-corrected chi connectivity index (χ1v) is 8.12. The molecule has 0 spiro atoms. The quantitative estimate of drug-likeness (QED) is 0.834. The Bertz CT molecular complexity index is 528. The number of carbonyl (C=O) groups excluding carboxylic acids is 1. The molecule has 22 heavy (non-hydrogen) atoms. The lowest BCUT2D eigenvalue weighted by atomic mass is 9.96. The molecular formula is C17H24FN3O. The van der Waals surface area contributed by atoms with Crippen molar-refractivity contribution in [3.63, 3.8) is 0 Å². The van der Waals surface area contributed by atoms with Crippen molar-refractivity contribution in [2.24, 2.45) is 5.92 Å². The minimum Gasteiger partial charge on any atom is -0.366 e. The number of piperidine rings is 1. The van der Waals surface area contributed by atoms with E-state index >= 15 is 0 Å². The maximum atomic E-state index is 13.8. The maximum Gasteiger partial charge on any atom is 0.227 e. The number of para-hydroxylation sites is 1. The topological polar surface area (TPSA) is 26.8 Å². The fourth-order valence-electron chi connectivity index (χ4n) is 3.50. The molecule has 0 radical (unpaired) electrons. The number of amides is 1. The van der Waals surface area contributed by atoms with E-state index in [9.17, 15) is 9.18 Å². The van der Waals surface area contributed by atoms with Crippen LogP contribution in [0.3, 0.4) is 0 Å². The van der Waals surface area contributed by atoms with Crippen LogP contribution in [0, 0.1) is 11.7 Å². The smallest absolute Gasteiger partial charge is 0.227 e. The Morgan fingerprint density at radius 2 is 1.86 bits per heavy atom. The van der Waals surface area contributed by atoms with Gasteiger partial charge in [-0.1, -0.05) is 12.1 Å². The Balaban J connectivity index is 1.57. The molecule has 3 rings (SSSR count). The highest BCUT2D eigenvalue weighted by Crippen LogP contribution is 2.22. The first-order valence-electron chi connectivity index (χ1n) is 8.12. The van der Waals surface area contributed by atoms with Gasteiger partial charge >= 0.3 is 0 Å². The van der Waals surface area contributed by atoms with Crippen molar-refractivity contribution in [1.29, 1.82) is 0 Å². The Morgan fingerprint density at radius 1 is 1.14 bits per heavy atom. The third kappa shape index (κ3) is 3.24. The largest absolute Gasteiger partial charge is 0.366 e. The molecule has 4 nitrogen and oxygen atoms in total. The summed E-state index contributed by atoms with van der Waals surface area (Å²) in [6.45, 7) is 4.74. The van der Waals surface area contributed by atoms with Crippen molar-refractivity contribution >= 4 is 11.6 Å². The van der Waals surface area contributed by atoms with E-state index in [0.29, 0.717) is 31.9 Å². The van der Waals surface area contributed by atoms with Crippen molar-refractivity contribution in [1.82, 2.24) is 9.80 Å². The molecule has 2 aliphatic heterocycles. The van der Waals surface area contributed by atoms with Gasteiger partial charge in [0.2, 0.25) is 5.91 Å². The molecule has 1 atom stereocenters. The SMILES string of the molecule is CN1CCC[C@H](C(=O)N2CCN(c3ccccc3F)CC2)C1. The molecule has 0 N–H and O–H groups in total. The number of carbonyl (C=O) groups is 1. The number of hydrogen-bond donors (Lipinski definition) is 0. The summed E-state index contributed by atoms with van der Waals surface area (Å²) in [5.41, 5.74) is 0.645. The van der Waals surface area contributed by atoms with Gasteiger partial charge in [-0.25, -0.2) is 4.39 Å². The lowest BCUT2D eigenvalue weighted by Crippen LogP contribution is -2.52. The summed E-state index contributed by atoms with van der Waals surface area (Å²) < 4.78 is 13.8. The van der Waals surface area contributed by atoms with Crippen molar-refractivity contribution in [3.05, 3.63) is 30.1 Å². The first-order chi connectivity index (χ1) is 10.6. The van der Waals surface area contributed by atoms with E-state index in [1.165, 1.54) is 6.07 Å². The van der Waals surface area contributed by atoms with Crippen LogP contribution in [0.1, 0.15) is 12.8 Å². The first kappa shape index (κ1) is 15.3. The van der Waals surface area contributed by atoms with Gasteiger partial charge in [0.25, 0.3) is 0 Å². The number of rotatable bonds is 2. The Hall–Kier alpha value is -1.62. The number of anilines is 1. The fourth-order valence-corrected chi connectivity index (χ4v) is 3.50. The second-order valence-electron chi connectivity index (χ2n) is 6.37. The Morgan fingerprint density at radius 3 is 2.55 bits per heavy atom. The molecule has 2 fully saturated rings. The third-order valence-electron chi connectivity index (χ3n) is 4.76. The molecule has 2 saturated heterocycles. The van der Waals surface area contributed by atoms with Crippen LogP contribution in [-0.4, -0.2) is 62.0 Å². The molecule has 0 saturated carbocycles. The lowest BCUT2D eigenvalue weighted by Gasteiger charge is -2.39. The predicted octanol–water partition coefficient (Wildman–Crippen LogP) is 1.82. The van der Waals surface area contributed by atoms with Crippen molar-refractivity contribution in [3.8, 4) is 0 Å². The minimum absolute atomic E-state index is 0.138. The van der Waals surface area contributed by atoms with E-state index in [4.69, 9.17) is 0 Å². The number of benzene rings is 1. The predicted molar refractivity (Wildman–Crippen MR) is 85.4 cm³/mol. The number of piperazine rings is 1. The molecule has 0 unspecified atom stereocenters. The van der Waals surface area contributed by atoms with Gasteiger partial charge in [-0.3, -0.25) is 4.79 Å². The van der Waals surface area contributed by atoms with Gasteiger partial charge in [0.15, 0.2) is 0 Å². The zero-order chi connectivity index (χ0) is 15.5. The van der Waals surface area contributed by atoms with Crippen LogP contribution in [0.4, 0.5) is 10.1 Å². The van der Waals surface area contributed by atoms with Gasteiger partial charge < -0.3 is 14.7 Å². The van der Waals surface area contributed by atoms with E-state index in [0.717, 1.165) is 25.9 Å². The normalized spacial score (nSPS) is 23.6. The average Bonchev–Trinajstić information content (AvgIpc) is 2.55. The maximum absolute atomic E-state index is 13.8. The Labute approximate surface area is 131 Å². The number of halogens is 1. The molecule has 2 heterocycles. The van der Waals surface area contributed by atoms with Crippen LogP contribution in [0.5, 0.6) is 0 Å². The van der Waals surface area contributed by atoms with Crippen molar-refractivity contribution in [2.45, 2.75) is 12.8 Å². The second kappa shape index (κ2) is 6.65. The molecule has 0 bridgehead atoms. The van der Waals surface area contributed by atoms with Crippen molar-refractivity contribution in [2.75, 3.05) is 51.2 Å². The highest BCUT2D eigenvalue weighted by molar-refractivity contribution is 5.79.